The number of ether oxygens (including phenoxy) is 2. The Balaban J connectivity index is 1.49. The predicted molar refractivity (Wildman–Crippen MR) is 159 cm³/mol. The fourth-order valence-electron chi connectivity index (χ4n) is 4.84. The van der Waals surface area contributed by atoms with Gasteiger partial charge in [-0.15, -0.1) is 0 Å². The molecule has 212 valence electrons. The molecule has 2 aromatic carbocycles. The maximum absolute atomic E-state index is 12.2. The quantitative estimate of drug-likeness (QED) is 0.0879. The number of aryl methyl sites for hydroxylation is 1. The average Bonchev–Trinajstić information content (AvgIpc) is 2.91. The summed E-state index contributed by atoms with van der Waals surface area (Å²) in [6, 6.07) is 18.9. The highest BCUT2D eigenvalue weighted by Gasteiger charge is 2.18. The SMILES string of the molecule is CCCCCCCCCCCCCc1cccc(OCCCOC(=O)CC[N+](C)(C)Cc2ccccc2)c1. The van der Waals surface area contributed by atoms with Gasteiger partial charge in [0, 0.05) is 12.0 Å². The molecule has 0 aliphatic carbocycles. The van der Waals surface area contributed by atoms with Crippen molar-refractivity contribution < 1.29 is 18.8 Å². The van der Waals surface area contributed by atoms with Crippen LogP contribution in [0, 0.1) is 0 Å². The van der Waals surface area contributed by atoms with Crippen molar-refractivity contribution in [2.45, 2.75) is 103 Å². The minimum absolute atomic E-state index is 0.127. The summed E-state index contributed by atoms with van der Waals surface area (Å²) in [7, 11) is 4.30. The first kappa shape index (κ1) is 31.9. The van der Waals surface area contributed by atoms with E-state index in [1.54, 1.807) is 0 Å². The molecule has 0 fully saturated rings. The largest absolute Gasteiger partial charge is 0.493 e. The second kappa shape index (κ2) is 19.7. The van der Waals surface area contributed by atoms with Crippen molar-refractivity contribution in [1.82, 2.24) is 0 Å². The molecule has 0 heterocycles. The third kappa shape index (κ3) is 15.8. The first-order valence-corrected chi connectivity index (χ1v) is 15.2. The van der Waals surface area contributed by atoms with Crippen LogP contribution in [-0.4, -0.2) is 44.3 Å². The lowest BCUT2D eigenvalue weighted by Crippen LogP contribution is -2.40. The molecule has 0 N–H and O–H groups in total. The molecule has 0 spiro atoms. The van der Waals surface area contributed by atoms with Crippen molar-refractivity contribution >= 4 is 5.97 Å². The van der Waals surface area contributed by atoms with E-state index in [9.17, 15) is 4.79 Å². The molecule has 2 rings (SSSR count). The third-order valence-corrected chi connectivity index (χ3v) is 7.16. The number of quaternary nitrogens is 1. The summed E-state index contributed by atoms with van der Waals surface area (Å²) >= 11 is 0. The Hall–Kier alpha value is -2.33. The maximum Gasteiger partial charge on any atom is 0.311 e. The first-order valence-electron chi connectivity index (χ1n) is 15.2. The standard InChI is InChI=1S/C34H54NO3/c1-4-5-6-7-8-9-10-11-12-13-15-20-31-23-18-24-33(29-31)37-27-19-28-38-34(36)25-26-35(2,3)30-32-21-16-14-17-22-32/h14,16-18,21-24,29H,4-13,15,19-20,25-28,30H2,1-3H3/q+1. The molecule has 0 saturated heterocycles. The smallest absolute Gasteiger partial charge is 0.311 e. The molecule has 0 saturated carbocycles. The summed E-state index contributed by atoms with van der Waals surface area (Å²) in [5.74, 6) is 0.787. The highest BCUT2D eigenvalue weighted by atomic mass is 16.5. The van der Waals surface area contributed by atoms with Crippen LogP contribution in [0.2, 0.25) is 0 Å². The van der Waals surface area contributed by atoms with Crippen molar-refractivity contribution in [3.63, 3.8) is 0 Å². The van der Waals surface area contributed by atoms with Crippen LogP contribution in [0.15, 0.2) is 54.6 Å². The topological polar surface area (TPSA) is 35.5 Å². The highest BCUT2D eigenvalue weighted by Crippen LogP contribution is 2.17. The van der Waals surface area contributed by atoms with E-state index >= 15 is 0 Å². The Morgan fingerprint density at radius 2 is 1.34 bits per heavy atom. The molecule has 0 radical (unpaired) electrons. The molecule has 0 aliphatic heterocycles. The Morgan fingerprint density at radius 1 is 0.711 bits per heavy atom. The van der Waals surface area contributed by atoms with Gasteiger partial charge in [0.15, 0.2) is 0 Å². The molecule has 0 atom stereocenters. The van der Waals surface area contributed by atoms with Crippen LogP contribution in [0.25, 0.3) is 0 Å². The van der Waals surface area contributed by atoms with Gasteiger partial charge in [0.05, 0.1) is 40.3 Å². The average molecular weight is 525 g/mol. The van der Waals surface area contributed by atoms with E-state index in [0.29, 0.717) is 26.1 Å². The lowest BCUT2D eigenvalue weighted by atomic mass is 10.0. The molecule has 0 amide bonds. The minimum atomic E-state index is -0.127. The number of carbonyl (C=O) groups is 1. The van der Waals surface area contributed by atoms with Crippen molar-refractivity contribution in [3.05, 3.63) is 65.7 Å². The van der Waals surface area contributed by atoms with Crippen LogP contribution in [-0.2, 0) is 22.5 Å². The summed E-state index contributed by atoms with van der Waals surface area (Å²) in [4.78, 5) is 12.2. The van der Waals surface area contributed by atoms with Gasteiger partial charge in [-0.25, -0.2) is 0 Å². The summed E-state index contributed by atoms with van der Waals surface area (Å²) in [6.07, 6.45) is 17.4. The number of rotatable bonds is 22. The van der Waals surface area contributed by atoms with Gasteiger partial charge in [0.1, 0.15) is 12.3 Å². The number of hydrogen-bond donors (Lipinski definition) is 0. The Morgan fingerprint density at radius 3 is 2.03 bits per heavy atom. The van der Waals surface area contributed by atoms with E-state index in [2.05, 4.69) is 63.5 Å². The van der Waals surface area contributed by atoms with E-state index in [1.165, 1.54) is 81.8 Å². The van der Waals surface area contributed by atoms with Crippen LogP contribution in [0.1, 0.15) is 102 Å². The molecular formula is C34H54NO3+. The molecule has 38 heavy (non-hydrogen) atoms. The predicted octanol–water partition coefficient (Wildman–Crippen LogP) is 8.52. The van der Waals surface area contributed by atoms with Crippen molar-refractivity contribution in [1.29, 1.82) is 0 Å². The number of esters is 1. The number of unbranched alkanes of at least 4 members (excludes halogenated alkanes) is 10. The second-order valence-corrected chi connectivity index (χ2v) is 11.4. The van der Waals surface area contributed by atoms with Crippen LogP contribution >= 0.6 is 0 Å². The van der Waals surface area contributed by atoms with Crippen LogP contribution < -0.4 is 4.74 Å². The summed E-state index contributed by atoms with van der Waals surface area (Å²) in [6.45, 7) is 4.91. The van der Waals surface area contributed by atoms with E-state index in [4.69, 9.17) is 9.47 Å². The maximum atomic E-state index is 12.2. The Bertz CT molecular complexity index is 865. The third-order valence-electron chi connectivity index (χ3n) is 7.16. The number of nitrogens with zero attached hydrogens (tertiary/aromatic N) is 1. The van der Waals surface area contributed by atoms with Crippen molar-refractivity contribution in [2.24, 2.45) is 0 Å². The van der Waals surface area contributed by atoms with Gasteiger partial charge >= 0.3 is 5.97 Å². The van der Waals surface area contributed by atoms with E-state index in [-0.39, 0.29) is 5.97 Å². The van der Waals surface area contributed by atoms with Crippen molar-refractivity contribution in [3.8, 4) is 5.75 Å². The fourth-order valence-corrected chi connectivity index (χ4v) is 4.84. The molecule has 4 nitrogen and oxygen atoms in total. The fraction of sp³-hybridized carbons (Fsp3) is 0.618. The van der Waals surface area contributed by atoms with Gasteiger partial charge in [0.2, 0.25) is 0 Å². The van der Waals surface area contributed by atoms with Crippen LogP contribution in [0.4, 0.5) is 0 Å². The van der Waals surface area contributed by atoms with E-state index in [1.807, 2.05) is 12.1 Å². The van der Waals surface area contributed by atoms with Crippen molar-refractivity contribution in [2.75, 3.05) is 33.9 Å². The monoisotopic (exact) mass is 524 g/mol. The summed E-state index contributed by atoms with van der Waals surface area (Å²) < 4.78 is 12.1. The lowest BCUT2D eigenvalue weighted by molar-refractivity contribution is -0.903. The normalized spacial score (nSPS) is 11.4. The van der Waals surface area contributed by atoms with Crippen LogP contribution in [0.3, 0.4) is 0 Å². The van der Waals surface area contributed by atoms with Gasteiger partial charge in [-0.1, -0.05) is 114 Å². The highest BCUT2D eigenvalue weighted by molar-refractivity contribution is 5.69. The Labute approximate surface area is 233 Å². The number of carbonyl (C=O) groups excluding carboxylic acids is 1. The first-order chi connectivity index (χ1) is 18.5. The summed E-state index contributed by atoms with van der Waals surface area (Å²) in [5.41, 5.74) is 2.63. The van der Waals surface area contributed by atoms with Gasteiger partial charge in [-0.3, -0.25) is 4.79 Å². The molecule has 0 aromatic heterocycles. The number of benzene rings is 2. The summed E-state index contributed by atoms with van der Waals surface area (Å²) in [5, 5.41) is 0. The zero-order valence-electron chi connectivity index (χ0n) is 24.6. The van der Waals surface area contributed by atoms with Crippen LogP contribution in [0.5, 0.6) is 5.75 Å². The van der Waals surface area contributed by atoms with E-state index in [0.717, 1.165) is 29.7 Å². The number of hydrogen-bond acceptors (Lipinski definition) is 3. The van der Waals surface area contributed by atoms with Gasteiger partial charge < -0.3 is 14.0 Å². The Kier molecular flexibility index (Phi) is 16.5. The van der Waals surface area contributed by atoms with Gasteiger partial charge in [-0.2, -0.15) is 0 Å². The zero-order valence-corrected chi connectivity index (χ0v) is 24.6. The van der Waals surface area contributed by atoms with Gasteiger partial charge in [0.25, 0.3) is 0 Å². The zero-order chi connectivity index (χ0) is 27.3. The molecule has 0 bridgehead atoms. The molecular weight excluding hydrogens is 470 g/mol. The molecule has 4 heteroatoms. The molecule has 0 aliphatic rings. The molecule has 2 aromatic rings. The molecule has 0 unspecified atom stereocenters. The minimum Gasteiger partial charge on any atom is -0.493 e. The van der Waals surface area contributed by atoms with Gasteiger partial charge in [-0.05, 0) is 30.5 Å². The lowest BCUT2D eigenvalue weighted by Gasteiger charge is -2.29. The van der Waals surface area contributed by atoms with E-state index < -0.39 is 0 Å². The second-order valence-electron chi connectivity index (χ2n) is 11.4.